The predicted molar refractivity (Wildman–Crippen MR) is 274 cm³/mol. The Morgan fingerprint density at radius 2 is 0.730 bits per heavy atom. The van der Waals surface area contributed by atoms with Gasteiger partial charge in [0.25, 0.3) is 23.6 Å². The molecule has 0 aliphatic heterocycles. The van der Waals surface area contributed by atoms with E-state index in [9.17, 15) is 69.6 Å². The SMILES string of the molecule is CC(=O)N(CC(O)CN(C(C)=O)c1c(I)c(C(=O)NCC(O)CO)c(I)c(C(=O)NCC(O)COO)c1I)c1c(I)c(C(=O)NCC(O)CO)c(I)c(C(=O)NCC(O)CO)c1I. The predicted octanol–water partition coefficient (Wildman–Crippen LogP) is -1.09. The van der Waals surface area contributed by atoms with Crippen molar-refractivity contribution in [2.24, 2.45) is 0 Å². The molecule has 0 aliphatic carbocycles. The van der Waals surface area contributed by atoms with Gasteiger partial charge in [-0.15, -0.1) is 0 Å². The summed E-state index contributed by atoms with van der Waals surface area (Å²) in [5.74, 6) is -4.66. The fourth-order valence-electron chi connectivity index (χ4n) is 5.34. The molecule has 0 fully saturated rings. The highest BCUT2D eigenvalue weighted by Gasteiger charge is 2.35. The Labute approximate surface area is 441 Å². The lowest BCUT2D eigenvalue weighted by Gasteiger charge is -2.32. The van der Waals surface area contributed by atoms with Crippen molar-refractivity contribution in [2.75, 3.05) is 75.5 Å². The lowest BCUT2D eigenvalue weighted by molar-refractivity contribution is -0.256. The summed E-state index contributed by atoms with van der Waals surface area (Å²) in [7, 11) is 0. The van der Waals surface area contributed by atoms with Crippen LogP contribution < -0.4 is 31.1 Å². The molecule has 0 spiro atoms. The number of aliphatic hydroxyl groups excluding tert-OH is 8. The molecule has 0 saturated carbocycles. The van der Waals surface area contributed by atoms with Crippen LogP contribution in [0, 0.1) is 21.4 Å². The van der Waals surface area contributed by atoms with E-state index in [1.165, 1.54) is 0 Å². The highest BCUT2D eigenvalue weighted by molar-refractivity contribution is 14.1. The minimum Gasteiger partial charge on any atom is -0.394 e. The molecular weight excluding hydrogens is 1520 g/mol. The van der Waals surface area contributed by atoms with Gasteiger partial charge in [0.2, 0.25) is 11.8 Å². The van der Waals surface area contributed by atoms with Gasteiger partial charge in [-0.2, -0.15) is 0 Å². The molecule has 0 aromatic heterocycles. The van der Waals surface area contributed by atoms with E-state index in [1.807, 2.05) is 0 Å². The fourth-order valence-corrected chi connectivity index (χ4v) is 14.8. The number of amides is 6. The van der Waals surface area contributed by atoms with Gasteiger partial charge in [0.15, 0.2) is 0 Å². The average molecular weight is 1570 g/mol. The van der Waals surface area contributed by atoms with Crippen LogP contribution in [0.5, 0.6) is 0 Å². The first-order chi connectivity index (χ1) is 29.5. The van der Waals surface area contributed by atoms with E-state index < -0.39 is 132 Å². The molecule has 63 heavy (non-hydrogen) atoms. The van der Waals surface area contributed by atoms with Gasteiger partial charge in [-0.3, -0.25) is 34.0 Å². The Morgan fingerprint density at radius 1 is 0.476 bits per heavy atom. The Morgan fingerprint density at radius 3 is 0.952 bits per heavy atom. The van der Waals surface area contributed by atoms with E-state index in [0.717, 1.165) is 23.6 Å². The number of nitrogens with one attached hydrogen (secondary N) is 4. The number of rotatable bonds is 23. The van der Waals surface area contributed by atoms with Crippen LogP contribution >= 0.6 is 136 Å². The fraction of sp³-hybridized carbons (Fsp3) is 0.486. The number of hydrogen-bond donors (Lipinski definition) is 13. The Kier molecular flexibility index (Phi) is 25.9. The van der Waals surface area contributed by atoms with E-state index in [0.29, 0.717) is 0 Å². The molecular formula is C35H44I6N6O16. The van der Waals surface area contributed by atoms with Gasteiger partial charge in [-0.25, -0.2) is 4.89 Å². The Hall–Kier alpha value is -0.760. The number of aliphatic hydroxyl groups is 8. The van der Waals surface area contributed by atoms with Gasteiger partial charge >= 0.3 is 0 Å². The molecule has 0 radical (unpaired) electrons. The third kappa shape index (κ3) is 15.9. The highest BCUT2D eigenvalue weighted by atomic mass is 127. The van der Waals surface area contributed by atoms with Crippen molar-refractivity contribution in [3.05, 3.63) is 43.7 Å². The topological polar surface area (TPSA) is 348 Å². The molecule has 6 amide bonds. The van der Waals surface area contributed by atoms with Gasteiger partial charge in [-0.05, 0) is 136 Å². The largest absolute Gasteiger partial charge is 0.394 e. The average Bonchev–Trinajstić information content (AvgIpc) is 3.21. The molecule has 22 nitrogen and oxygen atoms in total. The van der Waals surface area contributed by atoms with Gasteiger partial charge in [0, 0.05) is 47.2 Å². The molecule has 0 heterocycles. The van der Waals surface area contributed by atoms with Gasteiger partial charge < -0.3 is 71.9 Å². The molecule has 13 N–H and O–H groups in total. The number of anilines is 2. The van der Waals surface area contributed by atoms with Crippen LogP contribution in [0.1, 0.15) is 55.3 Å². The standard InChI is InChI=1S/C35H44I6N6O16/c1-13(51)46(30-26(38)20(32(58)42-3-15(53)9-48)24(36)21(27(30)39)33(59)43-4-16(54)10-49)7-19(57)8-47(14(2)52)31-28(40)22(34(60)44-5-17(55)11-50)25(37)23(29(31)41)35(61)45-6-18(56)12-63-62/h15-19,48-50,53-57,62H,3-12H2,1-2H3,(H,42,58)(H,43,59)(H,44,60)(H,45,61). The number of halogens is 6. The van der Waals surface area contributed by atoms with E-state index >= 15 is 0 Å². The molecule has 352 valence electrons. The first-order valence-electron chi connectivity index (χ1n) is 18.1. The summed E-state index contributed by atoms with van der Waals surface area (Å²) < 4.78 is 0.621. The normalized spacial score (nSPS) is 13.6. The van der Waals surface area contributed by atoms with Gasteiger partial charge in [-0.1, -0.05) is 0 Å². The number of carbonyl (C=O) groups is 6. The van der Waals surface area contributed by atoms with Crippen molar-refractivity contribution < 1.29 is 79.8 Å². The number of hydrogen-bond acceptors (Lipinski definition) is 16. The molecule has 2 aromatic rings. The summed E-state index contributed by atoms with van der Waals surface area (Å²) in [5.41, 5.74) is -0.573. The summed E-state index contributed by atoms with van der Waals surface area (Å²) >= 11 is 10.6. The van der Waals surface area contributed by atoms with Crippen LogP contribution in [-0.4, -0.2) is 178 Å². The zero-order chi connectivity index (χ0) is 48.0. The minimum absolute atomic E-state index is 0.0200. The highest BCUT2D eigenvalue weighted by Crippen LogP contribution is 2.40. The monoisotopic (exact) mass is 1570 g/mol. The second kappa shape index (κ2) is 27.9. The van der Waals surface area contributed by atoms with Gasteiger partial charge in [0.05, 0.1) is 111 Å². The van der Waals surface area contributed by atoms with E-state index in [1.54, 1.807) is 136 Å². The maximum absolute atomic E-state index is 13.7. The second-order valence-corrected chi connectivity index (χ2v) is 19.8. The van der Waals surface area contributed by atoms with Crippen molar-refractivity contribution in [1.29, 1.82) is 0 Å². The van der Waals surface area contributed by atoms with Crippen molar-refractivity contribution in [3.63, 3.8) is 0 Å². The van der Waals surface area contributed by atoms with Crippen LogP contribution in [0.25, 0.3) is 0 Å². The first kappa shape index (κ1) is 58.4. The van der Waals surface area contributed by atoms with Crippen LogP contribution in [0.4, 0.5) is 11.4 Å². The quantitative estimate of drug-likeness (QED) is 0.0357. The zero-order valence-electron chi connectivity index (χ0n) is 33.0. The molecule has 28 heteroatoms. The molecule has 2 aromatic carbocycles. The summed E-state index contributed by atoms with van der Waals surface area (Å²) in [4.78, 5) is 87.8. The van der Waals surface area contributed by atoms with Gasteiger partial charge in [0.1, 0.15) is 6.61 Å². The summed E-state index contributed by atoms with van der Waals surface area (Å²) in [6, 6.07) is 0. The third-order valence-electron chi connectivity index (χ3n) is 8.47. The lowest BCUT2D eigenvalue weighted by atomic mass is 10.1. The number of benzene rings is 2. The maximum atomic E-state index is 13.7. The second-order valence-electron chi connectivity index (χ2n) is 13.3. The summed E-state index contributed by atoms with van der Waals surface area (Å²) in [6.45, 7) is -3.05. The van der Waals surface area contributed by atoms with Crippen LogP contribution in [0.15, 0.2) is 0 Å². The van der Waals surface area contributed by atoms with Crippen LogP contribution in [0.3, 0.4) is 0 Å². The molecule has 5 unspecified atom stereocenters. The summed E-state index contributed by atoms with van der Waals surface area (Å²) in [6.07, 6.45) is -6.99. The van der Waals surface area contributed by atoms with Crippen molar-refractivity contribution in [2.45, 2.75) is 44.4 Å². The van der Waals surface area contributed by atoms with E-state index in [-0.39, 0.29) is 55.0 Å². The number of carbonyl (C=O) groups excluding carboxylic acids is 6. The molecule has 2 rings (SSSR count). The third-order valence-corrected chi connectivity index (χ3v) is 14.8. The van der Waals surface area contributed by atoms with Crippen LogP contribution in [-0.2, 0) is 14.5 Å². The Bertz CT molecular complexity index is 1970. The lowest BCUT2D eigenvalue weighted by Crippen LogP contribution is -2.45. The smallest absolute Gasteiger partial charge is 0.253 e. The zero-order valence-corrected chi connectivity index (χ0v) is 45.9. The molecule has 0 saturated heterocycles. The minimum atomic E-state index is -1.63. The van der Waals surface area contributed by atoms with E-state index in [4.69, 9.17) is 5.26 Å². The van der Waals surface area contributed by atoms with Crippen molar-refractivity contribution >= 4 is 182 Å². The Balaban J connectivity index is 2.84. The summed E-state index contributed by atoms with van der Waals surface area (Å²) in [5, 5.41) is 98.1. The first-order valence-corrected chi connectivity index (χ1v) is 24.6. The molecule has 0 aliphatic rings. The number of nitrogens with zero attached hydrogens (tertiary/aromatic N) is 2. The molecule has 5 atom stereocenters. The van der Waals surface area contributed by atoms with Crippen molar-refractivity contribution in [3.8, 4) is 0 Å². The molecule has 0 bridgehead atoms. The van der Waals surface area contributed by atoms with E-state index in [2.05, 4.69) is 26.2 Å². The maximum Gasteiger partial charge on any atom is 0.253 e. The van der Waals surface area contributed by atoms with Crippen molar-refractivity contribution in [1.82, 2.24) is 21.3 Å². The van der Waals surface area contributed by atoms with Crippen LogP contribution in [0.2, 0.25) is 0 Å².